The van der Waals surface area contributed by atoms with Crippen molar-refractivity contribution in [3.8, 4) is 5.75 Å². The van der Waals surface area contributed by atoms with Gasteiger partial charge in [0.2, 0.25) is 5.91 Å². The number of piperazine rings is 1. The van der Waals surface area contributed by atoms with Gasteiger partial charge in [-0.25, -0.2) is 0 Å². The fourth-order valence-electron chi connectivity index (χ4n) is 4.00. The maximum Gasteiger partial charge on any atom is 0.308 e. The molecular weight excluding hydrogens is 420 g/mol. The van der Waals surface area contributed by atoms with Crippen molar-refractivity contribution in [2.75, 3.05) is 19.7 Å². The van der Waals surface area contributed by atoms with Crippen LogP contribution >= 0.6 is 0 Å². The average molecular weight is 461 g/mol. The van der Waals surface area contributed by atoms with E-state index in [4.69, 9.17) is 9.47 Å². The smallest absolute Gasteiger partial charge is 0.308 e. The van der Waals surface area contributed by atoms with Crippen LogP contribution in [-0.2, 0) is 19.1 Å². The SMILES string of the molecule is CCCCCCCCCCOC(=O)CC1C(=O)NCCN1C(=O)C(C)Oc1cccc(C)c1. The van der Waals surface area contributed by atoms with Crippen molar-refractivity contribution in [1.29, 1.82) is 0 Å². The summed E-state index contributed by atoms with van der Waals surface area (Å²) < 4.78 is 11.1. The van der Waals surface area contributed by atoms with Crippen LogP contribution in [0.4, 0.5) is 0 Å². The highest BCUT2D eigenvalue weighted by Gasteiger charge is 2.37. The molecule has 2 atom stereocenters. The Balaban J connectivity index is 1.78. The van der Waals surface area contributed by atoms with Crippen LogP contribution in [0.2, 0.25) is 0 Å². The lowest BCUT2D eigenvalue weighted by Crippen LogP contribution is -2.60. The van der Waals surface area contributed by atoms with E-state index in [9.17, 15) is 14.4 Å². The summed E-state index contributed by atoms with van der Waals surface area (Å²) in [6.45, 7) is 6.86. The molecule has 0 aromatic heterocycles. The molecule has 1 heterocycles. The number of amides is 2. The van der Waals surface area contributed by atoms with Gasteiger partial charge in [-0.1, -0.05) is 64.0 Å². The number of unbranched alkanes of at least 4 members (excludes halogenated alkanes) is 7. The highest BCUT2D eigenvalue weighted by atomic mass is 16.5. The zero-order valence-corrected chi connectivity index (χ0v) is 20.4. The number of hydrogen-bond donors (Lipinski definition) is 1. The fraction of sp³-hybridized carbons (Fsp3) is 0.654. The van der Waals surface area contributed by atoms with Gasteiger partial charge in [0.25, 0.3) is 5.91 Å². The molecule has 2 amide bonds. The van der Waals surface area contributed by atoms with Crippen LogP contribution in [0.5, 0.6) is 5.75 Å². The first kappa shape index (κ1) is 26.7. The summed E-state index contributed by atoms with van der Waals surface area (Å²) in [6, 6.07) is 6.58. The largest absolute Gasteiger partial charge is 0.481 e. The number of aryl methyl sites for hydroxylation is 1. The topological polar surface area (TPSA) is 84.9 Å². The highest BCUT2D eigenvalue weighted by molar-refractivity contribution is 5.93. The number of carbonyl (C=O) groups excluding carboxylic acids is 3. The van der Waals surface area contributed by atoms with Gasteiger partial charge >= 0.3 is 5.97 Å². The number of carbonyl (C=O) groups is 3. The van der Waals surface area contributed by atoms with Crippen LogP contribution in [0.1, 0.15) is 77.2 Å². The van der Waals surface area contributed by atoms with Crippen molar-refractivity contribution in [2.24, 2.45) is 0 Å². The Morgan fingerprint density at radius 3 is 2.52 bits per heavy atom. The lowest BCUT2D eigenvalue weighted by Gasteiger charge is -2.36. The average Bonchev–Trinajstić information content (AvgIpc) is 2.79. The van der Waals surface area contributed by atoms with Crippen molar-refractivity contribution < 1.29 is 23.9 Å². The number of rotatable bonds is 14. The second kappa shape index (κ2) is 14.6. The highest BCUT2D eigenvalue weighted by Crippen LogP contribution is 2.18. The number of nitrogens with one attached hydrogen (secondary N) is 1. The minimum atomic E-state index is -0.874. The Labute approximate surface area is 198 Å². The van der Waals surface area contributed by atoms with E-state index in [1.165, 1.54) is 37.0 Å². The van der Waals surface area contributed by atoms with Crippen LogP contribution in [0.3, 0.4) is 0 Å². The molecule has 1 fully saturated rings. The lowest BCUT2D eigenvalue weighted by atomic mass is 10.1. The Morgan fingerprint density at radius 1 is 1.12 bits per heavy atom. The Kier molecular flexibility index (Phi) is 11.8. The molecule has 2 rings (SSSR count). The predicted molar refractivity (Wildman–Crippen MR) is 128 cm³/mol. The molecular formula is C26H40N2O5. The molecule has 0 aliphatic carbocycles. The van der Waals surface area contributed by atoms with E-state index in [0.29, 0.717) is 25.4 Å². The normalized spacial score (nSPS) is 16.8. The Hall–Kier alpha value is -2.57. The van der Waals surface area contributed by atoms with Gasteiger partial charge in [-0.2, -0.15) is 0 Å². The van der Waals surface area contributed by atoms with Crippen molar-refractivity contribution in [3.05, 3.63) is 29.8 Å². The van der Waals surface area contributed by atoms with Gasteiger partial charge in [0.15, 0.2) is 6.10 Å². The summed E-state index contributed by atoms with van der Waals surface area (Å²) >= 11 is 0. The minimum absolute atomic E-state index is 0.147. The second-order valence-electron chi connectivity index (χ2n) is 8.81. The van der Waals surface area contributed by atoms with E-state index >= 15 is 0 Å². The maximum absolute atomic E-state index is 13.0. The first-order valence-corrected chi connectivity index (χ1v) is 12.4. The molecule has 0 bridgehead atoms. The molecule has 0 saturated carbocycles. The van der Waals surface area contributed by atoms with Crippen LogP contribution in [0, 0.1) is 6.92 Å². The quantitative estimate of drug-likeness (QED) is 0.333. The molecule has 7 heteroatoms. The van der Waals surface area contributed by atoms with Crippen LogP contribution in [-0.4, -0.2) is 54.5 Å². The minimum Gasteiger partial charge on any atom is -0.481 e. The lowest BCUT2D eigenvalue weighted by molar-refractivity contribution is -0.154. The standard InChI is InChI=1S/C26H40N2O5/c1-4-5-6-7-8-9-10-11-17-32-24(29)19-23-25(30)27-15-16-28(23)26(31)21(3)33-22-14-12-13-20(2)18-22/h12-14,18,21,23H,4-11,15-17,19H2,1-3H3,(H,27,30). The molecule has 1 saturated heterocycles. The van der Waals surface area contributed by atoms with Gasteiger partial charge in [-0.3, -0.25) is 14.4 Å². The number of benzene rings is 1. The first-order valence-electron chi connectivity index (χ1n) is 12.4. The van der Waals surface area contributed by atoms with Crippen LogP contribution < -0.4 is 10.1 Å². The molecule has 33 heavy (non-hydrogen) atoms. The molecule has 184 valence electrons. The summed E-state index contributed by atoms with van der Waals surface area (Å²) in [5.41, 5.74) is 1.03. The number of nitrogens with zero attached hydrogens (tertiary/aromatic N) is 1. The van der Waals surface area contributed by atoms with Crippen molar-refractivity contribution in [1.82, 2.24) is 10.2 Å². The summed E-state index contributed by atoms with van der Waals surface area (Å²) in [5, 5.41) is 2.74. The van der Waals surface area contributed by atoms with E-state index in [2.05, 4.69) is 12.2 Å². The molecule has 1 aromatic carbocycles. The molecule has 1 N–H and O–H groups in total. The zero-order valence-electron chi connectivity index (χ0n) is 20.4. The summed E-state index contributed by atoms with van der Waals surface area (Å²) in [6.07, 6.45) is 8.39. The maximum atomic E-state index is 13.0. The molecule has 1 aromatic rings. The van der Waals surface area contributed by atoms with Crippen molar-refractivity contribution in [3.63, 3.8) is 0 Å². The van der Waals surface area contributed by atoms with E-state index < -0.39 is 18.1 Å². The van der Waals surface area contributed by atoms with Crippen LogP contribution in [0.15, 0.2) is 24.3 Å². The Morgan fingerprint density at radius 2 is 1.82 bits per heavy atom. The summed E-state index contributed by atoms with van der Waals surface area (Å²) in [4.78, 5) is 39.3. The van der Waals surface area contributed by atoms with Crippen molar-refractivity contribution >= 4 is 17.8 Å². The monoisotopic (exact) mass is 460 g/mol. The first-order chi connectivity index (χ1) is 15.9. The third-order valence-corrected chi connectivity index (χ3v) is 5.89. The molecule has 1 aliphatic rings. The van der Waals surface area contributed by atoms with Gasteiger partial charge in [-0.05, 0) is 38.0 Å². The van der Waals surface area contributed by atoms with Gasteiger partial charge in [-0.15, -0.1) is 0 Å². The third kappa shape index (κ3) is 9.44. The number of ether oxygens (including phenoxy) is 2. The Bertz CT molecular complexity index is 767. The summed E-state index contributed by atoms with van der Waals surface area (Å²) in [7, 11) is 0. The predicted octanol–water partition coefficient (Wildman–Crippen LogP) is 4.16. The zero-order chi connectivity index (χ0) is 24.1. The van der Waals surface area contributed by atoms with Gasteiger partial charge in [0.05, 0.1) is 13.0 Å². The van der Waals surface area contributed by atoms with Gasteiger partial charge < -0.3 is 19.7 Å². The van der Waals surface area contributed by atoms with E-state index in [0.717, 1.165) is 24.8 Å². The van der Waals surface area contributed by atoms with E-state index in [1.807, 2.05) is 25.1 Å². The van der Waals surface area contributed by atoms with Gasteiger partial charge in [0, 0.05) is 13.1 Å². The van der Waals surface area contributed by atoms with Crippen LogP contribution in [0.25, 0.3) is 0 Å². The molecule has 0 radical (unpaired) electrons. The van der Waals surface area contributed by atoms with Gasteiger partial charge in [0.1, 0.15) is 11.8 Å². The number of hydrogen-bond acceptors (Lipinski definition) is 5. The number of esters is 1. The molecule has 7 nitrogen and oxygen atoms in total. The fourth-order valence-corrected chi connectivity index (χ4v) is 4.00. The second-order valence-corrected chi connectivity index (χ2v) is 8.81. The molecule has 2 unspecified atom stereocenters. The third-order valence-electron chi connectivity index (χ3n) is 5.89. The van der Waals surface area contributed by atoms with E-state index in [1.54, 1.807) is 13.0 Å². The molecule has 0 spiro atoms. The van der Waals surface area contributed by atoms with Crippen molar-refractivity contribution in [2.45, 2.75) is 90.7 Å². The summed E-state index contributed by atoms with van der Waals surface area (Å²) in [5.74, 6) is -0.503. The molecule has 1 aliphatic heterocycles. The van der Waals surface area contributed by atoms with E-state index in [-0.39, 0.29) is 18.2 Å².